The number of amides is 1. The van der Waals surface area contributed by atoms with Gasteiger partial charge in [0.25, 0.3) is 0 Å². The lowest BCUT2D eigenvalue weighted by Gasteiger charge is -2.43. The average Bonchev–Trinajstić information content (AvgIpc) is 2.99. The molecule has 1 aromatic heterocycles. The number of anilines is 4. The lowest BCUT2D eigenvalue weighted by molar-refractivity contribution is 0.169. The number of aryl methyl sites for hydroxylation is 1. The van der Waals surface area contributed by atoms with Crippen LogP contribution in [-0.4, -0.2) is 60.2 Å². The highest BCUT2D eigenvalue weighted by Gasteiger charge is 2.28. The average molecular weight is 652 g/mol. The lowest BCUT2D eigenvalue weighted by Crippen LogP contribution is -2.55. The summed E-state index contributed by atoms with van der Waals surface area (Å²) in [5.74, 6) is -0.199. The molecule has 1 aliphatic rings. The SMILES string of the molecule is Cc1ccc(-c2cc(OC(=O)N(C)c3cc(Cl)ccc3Cl)nc(Nc3ccc(N4C[C@@H](C)N(C)[C@@H](C)C4)c(F)c3)n2)c(C)c1C. The van der Waals surface area contributed by atoms with Gasteiger partial charge in [0.1, 0.15) is 5.82 Å². The van der Waals surface area contributed by atoms with E-state index < -0.39 is 6.09 Å². The molecule has 0 bridgehead atoms. The summed E-state index contributed by atoms with van der Waals surface area (Å²) in [5.41, 5.74) is 6.08. The van der Waals surface area contributed by atoms with E-state index in [1.165, 1.54) is 18.0 Å². The Morgan fingerprint density at radius 1 is 0.978 bits per heavy atom. The molecule has 45 heavy (non-hydrogen) atoms. The summed E-state index contributed by atoms with van der Waals surface area (Å²) in [5, 5.41) is 3.87. The molecule has 5 rings (SSSR count). The Bertz CT molecular complexity index is 1740. The third kappa shape index (κ3) is 7.01. The van der Waals surface area contributed by atoms with Gasteiger partial charge in [0, 0.05) is 54.6 Å². The maximum atomic E-state index is 15.5. The van der Waals surface area contributed by atoms with Crippen molar-refractivity contribution in [1.82, 2.24) is 14.9 Å². The number of ether oxygens (including phenoxy) is 1. The van der Waals surface area contributed by atoms with Gasteiger partial charge in [-0.1, -0.05) is 35.3 Å². The van der Waals surface area contributed by atoms with Gasteiger partial charge >= 0.3 is 6.09 Å². The molecule has 0 saturated carbocycles. The zero-order valence-corrected chi connectivity index (χ0v) is 28.0. The van der Waals surface area contributed by atoms with E-state index in [0.29, 0.717) is 44.9 Å². The molecule has 1 amide bonds. The van der Waals surface area contributed by atoms with Gasteiger partial charge in [-0.25, -0.2) is 14.2 Å². The molecule has 1 fully saturated rings. The Morgan fingerprint density at radius 2 is 1.69 bits per heavy atom. The van der Waals surface area contributed by atoms with Crippen molar-refractivity contribution >= 4 is 52.3 Å². The maximum absolute atomic E-state index is 15.5. The highest BCUT2D eigenvalue weighted by molar-refractivity contribution is 6.35. The number of halogens is 3. The van der Waals surface area contributed by atoms with Crippen molar-refractivity contribution in [3.8, 4) is 17.1 Å². The molecule has 1 aliphatic heterocycles. The van der Waals surface area contributed by atoms with Gasteiger partial charge in [-0.3, -0.25) is 9.80 Å². The van der Waals surface area contributed by atoms with Crippen LogP contribution < -0.4 is 19.9 Å². The number of carbonyl (C=O) groups is 1. The third-order valence-corrected chi connectivity index (χ3v) is 9.23. The number of piperazine rings is 1. The normalized spacial score (nSPS) is 16.9. The molecule has 8 nitrogen and oxygen atoms in total. The van der Waals surface area contributed by atoms with Crippen molar-refractivity contribution in [1.29, 1.82) is 0 Å². The second-order valence-electron chi connectivity index (χ2n) is 11.7. The van der Waals surface area contributed by atoms with Crippen molar-refractivity contribution in [2.75, 3.05) is 42.3 Å². The van der Waals surface area contributed by atoms with Crippen LogP contribution in [0.15, 0.2) is 54.6 Å². The van der Waals surface area contributed by atoms with Crippen LogP contribution in [0, 0.1) is 26.6 Å². The van der Waals surface area contributed by atoms with Crippen LogP contribution in [0.4, 0.5) is 32.2 Å². The van der Waals surface area contributed by atoms with Crippen LogP contribution in [0.2, 0.25) is 10.0 Å². The number of nitrogens with one attached hydrogen (secondary N) is 1. The molecule has 1 N–H and O–H groups in total. The van der Waals surface area contributed by atoms with E-state index in [0.717, 1.165) is 35.3 Å². The van der Waals surface area contributed by atoms with Gasteiger partial charge < -0.3 is 15.0 Å². The molecule has 0 spiro atoms. The first-order valence-electron chi connectivity index (χ1n) is 14.7. The summed E-state index contributed by atoms with van der Waals surface area (Å²) < 4.78 is 21.2. The van der Waals surface area contributed by atoms with Gasteiger partial charge in [-0.05, 0) is 94.8 Å². The Hall–Kier alpha value is -3.92. The molecule has 2 heterocycles. The zero-order chi connectivity index (χ0) is 32.6. The topological polar surface area (TPSA) is 73.8 Å². The highest BCUT2D eigenvalue weighted by Crippen LogP contribution is 2.33. The van der Waals surface area contributed by atoms with Gasteiger partial charge in [0.15, 0.2) is 0 Å². The molecule has 0 unspecified atom stereocenters. The van der Waals surface area contributed by atoms with Crippen LogP contribution in [0.5, 0.6) is 5.88 Å². The van der Waals surface area contributed by atoms with Gasteiger partial charge in [-0.2, -0.15) is 4.98 Å². The molecular weight excluding hydrogens is 614 g/mol. The molecule has 0 aliphatic carbocycles. The molecule has 0 radical (unpaired) electrons. The first-order valence-corrected chi connectivity index (χ1v) is 15.5. The van der Waals surface area contributed by atoms with Gasteiger partial charge in [0.05, 0.1) is 22.1 Å². The minimum absolute atomic E-state index is 0.00707. The van der Waals surface area contributed by atoms with Crippen molar-refractivity contribution in [2.24, 2.45) is 0 Å². The number of hydrogen-bond acceptors (Lipinski definition) is 7. The summed E-state index contributed by atoms with van der Waals surface area (Å²) in [6.45, 7) is 11.9. The first-order chi connectivity index (χ1) is 21.3. The quantitative estimate of drug-likeness (QED) is 0.224. The van der Waals surface area contributed by atoms with E-state index in [-0.39, 0.29) is 17.6 Å². The summed E-state index contributed by atoms with van der Waals surface area (Å²) in [7, 11) is 3.63. The number of rotatable bonds is 6. The number of aromatic nitrogens is 2. The summed E-state index contributed by atoms with van der Waals surface area (Å²) >= 11 is 12.5. The number of nitrogens with zero attached hydrogens (tertiary/aromatic N) is 5. The standard InChI is InChI=1S/C34H37Cl2FN6O2/c1-19-8-11-26(23(5)22(19)4)29-16-32(45-34(44)42(7)31-14-24(35)9-12-27(31)36)40-33(39-29)38-25-10-13-30(28(37)15-25)43-17-20(2)41(6)21(3)18-43/h8-16,20-21H,17-18H2,1-7H3,(H,38,39,40)/t20-,21+. The van der Waals surface area contributed by atoms with E-state index in [1.807, 2.05) is 32.9 Å². The van der Waals surface area contributed by atoms with Gasteiger partial charge in [0.2, 0.25) is 11.8 Å². The predicted octanol–water partition coefficient (Wildman–Crippen LogP) is 8.42. The Kier molecular flexibility index (Phi) is 9.53. The van der Waals surface area contributed by atoms with Crippen molar-refractivity contribution < 1.29 is 13.9 Å². The minimum atomic E-state index is -0.724. The fourth-order valence-electron chi connectivity index (χ4n) is 5.48. The summed E-state index contributed by atoms with van der Waals surface area (Å²) in [4.78, 5) is 28.0. The molecule has 4 aromatic rings. The second-order valence-corrected chi connectivity index (χ2v) is 12.5. The Morgan fingerprint density at radius 3 is 2.38 bits per heavy atom. The highest BCUT2D eigenvalue weighted by atomic mass is 35.5. The zero-order valence-electron chi connectivity index (χ0n) is 26.5. The largest absolute Gasteiger partial charge is 0.420 e. The maximum Gasteiger partial charge on any atom is 0.420 e. The van der Waals surface area contributed by atoms with Crippen molar-refractivity contribution in [2.45, 2.75) is 46.7 Å². The Labute approximate surface area is 273 Å². The molecule has 1 saturated heterocycles. The molecule has 236 valence electrons. The van der Waals surface area contributed by atoms with Crippen LogP contribution in [0.1, 0.15) is 30.5 Å². The molecule has 2 atom stereocenters. The van der Waals surface area contributed by atoms with Crippen LogP contribution >= 0.6 is 23.2 Å². The molecule has 11 heteroatoms. The van der Waals surface area contributed by atoms with Crippen molar-refractivity contribution in [3.05, 3.63) is 87.2 Å². The van der Waals surface area contributed by atoms with E-state index in [9.17, 15) is 4.79 Å². The summed E-state index contributed by atoms with van der Waals surface area (Å²) in [6, 6.07) is 16.0. The van der Waals surface area contributed by atoms with Crippen LogP contribution in [-0.2, 0) is 0 Å². The summed E-state index contributed by atoms with van der Waals surface area (Å²) in [6.07, 6.45) is -0.724. The van der Waals surface area contributed by atoms with E-state index in [4.69, 9.17) is 32.9 Å². The van der Waals surface area contributed by atoms with Crippen LogP contribution in [0.25, 0.3) is 11.3 Å². The Balaban J connectivity index is 1.47. The van der Waals surface area contributed by atoms with Crippen LogP contribution in [0.3, 0.4) is 0 Å². The molecular formula is C34H37Cl2FN6O2. The molecule has 3 aromatic carbocycles. The van der Waals surface area contributed by atoms with E-state index >= 15 is 4.39 Å². The minimum Gasteiger partial charge on any atom is -0.391 e. The fourth-order valence-corrected chi connectivity index (χ4v) is 5.89. The fraction of sp³-hybridized carbons (Fsp3) is 0.324. The number of carbonyl (C=O) groups excluding carboxylic acids is 1. The second kappa shape index (κ2) is 13.2. The van der Waals surface area contributed by atoms with E-state index in [1.54, 1.807) is 36.4 Å². The number of hydrogen-bond donors (Lipinski definition) is 1. The predicted molar refractivity (Wildman–Crippen MR) is 181 cm³/mol. The number of benzene rings is 3. The van der Waals surface area contributed by atoms with Crippen molar-refractivity contribution in [3.63, 3.8) is 0 Å². The van der Waals surface area contributed by atoms with E-state index in [2.05, 4.69) is 41.0 Å². The lowest BCUT2D eigenvalue weighted by atomic mass is 9.97. The smallest absolute Gasteiger partial charge is 0.391 e. The third-order valence-electron chi connectivity index (χ3n) is 8.68. The monoisotopic (exact) mass is 650 g/mol. The number of likely N-dealkylation sites (N-methyl/N-ethyl adjacent to an activating group) is 1. The van der Waals surface area contributed by atoms with Gasteiger partial charge in [-0.15, -0.1) is 0 Å². The first kappa shape index (κ1) is 32.5.